The summed E-state index contributed by atoms with van der Waals surface area (Å²) in [5, 5.41) is 0.841. The number of methoxy groups -OCH3 is 3. The molecule has 0 aliphatic heterocycles. The zero-order valence-corrected chi connectivity index (χ0v) is 15.6. The molecule has 0 aromatic heterocycles. The number of carbonyl (C=O) groups excluding carboxylic acids is 1. The average Bonchev–Trinajstić information content (AvgIpc) is 2.62. The topological polar surface area (TPSA) is 54.0 Å². The van der Waals surface area contributed by atoms with Crippen molar-refractivity contribution in [1.82, 2.24) is 0 Å². The standard InChI is InChI=1S/C18H18Cl2O5/c1-22-15-7-12(8-16(23-2)18(15)24-3)10-25-17(21)9-11-4-5-13(19)14(20)6-11/h4-8H,9-10H2,1-3H3. The summed E-state index contributed by atoms with van der Waals surface area (Å²) >= 11 is 11.8. The Morgan fingerprint density at radius 3 is 2.04 bits per heavy atom. The van der Waals surface area contributed by atoms with Crippen LogP contribution in [0.1, 0.15) is 11.1 Å². The highest BCUT2D eigenvalue weighted by Crippen LogP contribution is 2.38. The van der Waals surface area contributed by atoms with Crippen molar-refractivity contribution < 1.29 is 23.7 Å². The van der Waals surface area contributed by atoms with Crippen molar-refractivity contribution in [3.05, 3.63) is 51.5 Å². The summed E-state index contributed by atoms with van der Waals surface area (Å²) < 4.78 is 21.1. The van der Waals surface area contributed by atoms with Gasteiger partial charge >= 0.3 is 5.97 Å². The molecule has 0 fully saturated rings. The molecule has 0 aliphatic rings. The van der Waals surface area contributed by atoms with Crippen LogP contribution in [-0.2, 0) is 22.6 Å². The molecule has 2 aromatic carbocycles. The van der Waals surface area contributed by atoms with E-state index < -0.39 is 0 Å². The highest BCUT2D eigenvalue weighted by Gasteiger charge is 2.14. The van der Waals surface area contributed by atoms with Crippen LogP contribution in [0.5, 0.6) is 17.2 Å². The van der Waals surface area contributed by atoms with Crippen molar-refractivity contribution in [2.24, 2.45) is 0 Å². The van der Waals surface area contributed by atoms with Crippen LogP contribution in [-0.4, -0.2) is 27.3 Å². The maximum atomic E-state index is 12.0. The second kappa shape index (κ2) is 8.83. The maximum absolute atomic E-state index is 12.0. The van der Waals surface area contributed by atoms with Crippen LogP contribution >= 0.6 is 23.2 Å². The van der Waals surface area contributed by atoms with Crippen LogP contribution in [0, 0.1) is 0 Å². The summed E-state index contributed by atoms with van der Waals surface area (Å²) in [4.78, 5) is 12.0. The van der Waals surface area contributed by atoms with Gasteiger partial charge in [-0.25, -0.2) is 0 Å². The number of ether oxygens (including phenoxy) is 4. The van der Waals surface area contributed by atoms with Crippen molar-refractivity contribution >= 4 is 29.2 Å². The molecule has 0 atom stereocenters. The molecule has 2 aromatic rings. The third kappa shape index (κ3) is 4.94. The Hall–Kier alpha value is -2.11. The molecule has 0 spiro atoms. The number of rotatable bonds is 7. The van der Waals surface area contributed by atoms with Crippen LogP contribution in [0.3, 0.4) is 0 Å². The number of benzene rings is 2. The molecule has 7 heteroatoms. The summed E-state index contributed by atoms with van der Waals surface area (Å²) in [5.74, 6) is 1.10. The van der Waals surface area contributed by atoms with Crippen LogP contribution in [0.25, 0.3) is 0 Å². The third-order valence-electron chi connectivity index (χ3n) is 3.46. The van der Waals surface area contributed by atoms with E-state index in [9.17, 15) is 4.79 Å². The highest BCUT2D eigenvalue weighted by atomic mass is 35.5. The van der Waals surface area contributed by atoms with Crippen molar-refractivity contribution in [3.63, 3.8) is 0 Å². The number of hydrogen-bond acceptors (Lipinski definition) is 5. The Labute approximate surface area is 156 Å². The Morgan fingerprint density at radius 2 is 1.52 bits per heavy atom. The third-order valence-corrected chi connectivity index (χ3v) is 4.20. The zero-order chi connectivity index (χ0) is 18.4. The Balaban J connectivity index is 2.04. The fourth-order valence-electron chi connectivity index (χ4n) is 2.25. The van der Waals surface area contributed by atoms with Crippen LogP contribution in [0.4, 0.5) is 0 Å². The van der Waals surface area contributed by atoms with E-state index in [1.807, 2.05) is 0 Å². The van der Waals surface area contributed by atoms with Gasteiger partial charge in [-0.15, -0.1) is 0 Å². The van der Waals surface area contributed by atoms with E-state index in [2.05, 4.69) is 0 Å². The minimum atomic E-state index is -0.382. The van der Waals surface area contributed by atoms with Crippen molar-refractivity contribution in [2.45, 2.75) is 13.0 Å². The fourth-order valence-corrected chi connectivity index (χ4v) is 2.57. The monoisotopic (exact) mass is 384 g/mol. The van der Waals surface area contributed by atoms with Gasteiger partial charge in [0.05, 0.1) is 37.8 Å². The van der Waals surface area contributed by atoms with Gasteiger partial charge in [0.25, 0.3) is 0 Å². The summed E-state index contributed by atoms with van der Waals surface area (Å²) in [7, 11) is 4.58. The van der Waals surface area contributed by atoms with Gasteiger partial charge in [-0.05, 0) is 35.4 Å². The molecule has 25 heavy (non-hydrogen) atoms. The predicted octanol–water partition coefficient (Wildman–Crippen LogP) is 4.31. The second-order valence-electron chi connectivity index (χ2n) is 5.12. The summed E-state index contributed by atoms with van der Waals surface area (Å²) in [5.41, 5.74) is 1.45. The van der Waals surface area contributed by atoms with Gasteiger partial charge in [0.1, 0.15) is 6.61 Å². The van der Waals surface area contributed by atoms with E-state index in [0.29, 0.717) is 27.3 Å². The van der Waals surface area contributed by atoms with Crippen molar-refractivity contribution in [3.8, 4) is 17.2 Å². The molecule has 0 N–H and O–H groups in total. The van der Waals surface area contributed by atoms with E-state index in [-0.39, 0.29) is 19.0 Å². The molecule has 0 saturated heterocycles. The van der Waals surface area contributed by atoms with E-state index in [1.165, 1.54) is 21.3 Å². The summed E-state index contributed by atoms with van der Waals surface area (Å²) in [6.07, 6.45) is 0.0985. The summed E-state index contributed by atoms with van der Waals surface area (Å²) in [6, 6.07) is 8.48. The predicted molar refractivity (Wildman–Crippen MR) is 96.1 cm³/mol. The second-order valence-corrected chi connectivity index (χ2v) is 5.93. The molecule has 0 aliphatic carbocycles. The number of esters is 1. The molecule has 0 bridgehead atoms. The summed E-state index contributed by atoms with van der Waals surface area (Å²) in [6.45, 7) is 0.0802. The molecular formula is C18H18Cl2O5. The smallest absolute Gasteiger partial charge is 0.310 e. The lowest BCUT2D eigenvalue weighted by Crippen LogP contribution is -2.08. The molecule has 0 amide bonds. The van der Waals surface area contributed by atoms with Gasteiger partial charge in [0, 0.05) is 0 Å². The van der Waals surface area contributed by atoms with Gasteiger partial charge in [-0.1, -0.05) is 29.3 Å². The first kappa shape index (κ1) is 19.2. The quantitative estimate of drug-likeness (QED) is 0.665. The average molecular weight is 385 g/mol. The Kier molecular flexibility index (Phi) is 6.79. The van der Waals surface area contributed by atoms with Gasteiger partial charge in [0.15, 0.2) is 11.5 Å². The Morgan fingerprint density at radius 1 is 0.880 bits per heavy atom. The molecule has 0 unspecified atom stereocenters. The first-order valence-electron chi connectivity index (χ1n) is 7.37. The zero-order valence-electron chi connectivity index (χ0n) is 14.1. The highest BCUT2D eigenvalue weighted by molar-refractivity contribution is 6.42. The van der Waals surface area contributed by atoms with E-state index >= 15 is 0 Å². The van der Waals surface area contributed by atoms with E-state index in [4.69, 9.17) is 42.1 Å². The molecule has 0 saturated carbocycles. The molecule has 0 radical (unpaired) electrons. The first-order chi connectivity index (χ1) is 12.0. The molecule has 2 rings (SSSR count). The van der Waals surface area contributed by atoms with E-state index in [1.54, 1.807) is 30.3 Å². The number of hydrogen-bond donors (Lipinski definition) is 0. The Bertz CT molecular complexity index is 736. The fraction of sp³-hybridized carbons (Fsp3) is 0.278. The van der Waals surface area contributed by atoms with Crippen LogP contribution < -0.4 is 14.2 Å². The number of halogens is 2. The molecular weight excluding hydrogens is 367 g/mol. The first-order valence-corrected chi connectivity index (χ1v) is 8.12. The molecule has 0 heterocycles. The van der Waals surface area contributed by atoms with Crippen molar-refractivity contribution in [1.29, 1.82) is 0 Å². The van der Waals surface area contributed by atoms with Gasteiger partial charge in [-0.2, -0.15) is 0 Å². The van der Waals surface area contributed by atoms with Crippen LogP contribution in [0.15, 0.2) is 30.3 Å². The van der Waals surface area contributed by atoms with Gasteiger partial charge < -0.3 is 18.9 Å². The van der Waals surface area contributed by atoms with E-state index in [0.717, 1.165) is 11.1 Å². The van der Waals surface area contributed by atoms with Crippen LogP contribution in [0.2, 0.25) is 10.0 Å². The molecule has 5 nitrogen and oxygen atoms in total. The van der Waals surface area contributed by atoms with Gasteiger partial charge in [-0.3, -0.25) is 4.79 Å². The lowest BCUT2D eigenvalue weighted by molar-refractivity contribution is -0.144. The number of carbonyl (C=O) groups is 1. The maximum Gasteiger partial charge on any atom is 0.310 e. The minimum Gasteiger partial charge on any atom is -0.493 e. The van der Waals surface area contributed by atoms with Gasteiger partial charge in [0.2, 0.25) is 5.75 Å². The van der Waals surface area contributed by atoms with Crippen molar-refractivity contribution in [2.75, 3.05) is 21.3 Å². The normalized spacial score (nSPS) is 10.3. The largest absolute Gasteiger partial charge is 0.493 e. The SMILES string of the molecule is COc1cc(COC(=O)Cc2ccc(Cl)c(Cl)c2)cc(OC)c1OC. The molecule has 134 valence electrons. The minimum absolute atomic E-state index is 0.0802. The lowest BCUT2D eigenvalue weighted by Gasteiger charge is -2.14. The lowest BCUT2D eigenvalue weighted by atomic mass is 10.1.